The molecule has 0 radical (unpaired) electrons. The van der Waals surface area contributed by atoms with Crippen LogP contribution in [0.5, 0.6) is 5.88 Å². The lowest BCUT2D eigenvalue weighted by Gasteiger charge is -2.03. The Labute approximate surface area is 125 Å². The van der Waals surface area contributed by atoms with Crippen LogP contribution in [-0.4, -0.2) is 19.1 Å². The average Bonchev–Trinajstić information content (AvgIpc) is 2.79. The molecule has 0 aliphatic heterocycles. The number of hydrogen-bond acceptors (Lipinski definition) is 3. The third-order valence-electron chi connectivity index (χ3n) is 3.77. The van der Waals surface area contributed by atoms with Crippen LogP contribution in [0.1, 0.15) is 5.56 Å². The zero-order valence-corrected chi connectivity index (χ0v) is 11.9. The van der Waals surface area contributed by atoms with Gasteiger partial charge < -0.3 is 5.11 Å². The van der Waals surface area contributed by atoms with Crippen LogP contribution in [0.3, 0.4) is 0 Å². The number of aromatic nitrogens is 3. The van der Waals surface area contributed by atoms with E-state index in [2.05, 4.69) is 4.98 Å². The molecule has 1 N–H and O–H groups in total. The molecule has 0 unspecified atom stereocenters. The number of para-hydroxylation sites is 2. The van der Waals surface area contributed by atoms with Gasteiger partial charge in [-0.3, -0.25) is 9.38 Å². The van der Waals surface area contributed by atoms with Crippen LogP contribution in [0, 0.1) is 6.92 Å². The zero-order chi connectivity index (χ0) is 15.3. The second-order valence-electron chi connectivity index (χ2n) is 5.25. The number of imidazole rings is 1. The molecule has 5 heteroatoms. The Hall–Kier alpha value is -3.08. The highest BCUT2D eigenvalue weighted by Gasteiger charge is 2.17. The SMILES string of the molecule is Cc1cccc(-n2c(O)c3cnc4ccccc4n3c2=O)c1. The lowest BCUT2D eigenvalue weighted by molar-refractivity contribution is 0.446. The van der Waals surface area contributed by atoms with E-state index in [9.17, 15) is 9.90 Å². The zero-order valence-electron chi connectivity index (χ0n) is 11.9. The van der Waals surface area contributed by atoms with Gasteiger partial charge in [0.25, 0.3) is 0 Å². The van der Waals surface area contributed by atoms with E-state index in [0.717, 1.165) is 5.56 Å². The first-order chi connectivity index (χ1) is 10.7. The lowest BCUT2D eigenvalue weighted by atomic mass is 10.2. The first-order valence-electron chi connectivity index (χ1n) is 6.94. The molecule has 0 amide bonds. The molecule has 4 aromatic rings. The van der Waals surface area contributed by atoms with Gasteiger partial charge in [-0.25, -0.2) is 9.36 Å². The van der Waals surface area contributed by atoms with Crippen molar-refractivity contribution in [1.82, 2.24) is 14.0 Å². The highest BCUT2D eigenvalue weighted by molar-refractivity contribution is 5.79. The van der Waals surface area contributed by atoms with Crippen LogP contribution in [0.2, 0.25) is 0 Å². The van der Waals surface area contributed by atoms with Crippen molar-refractivity contribution >= 4 is 16.6 Å². The number of nitrogens with zero attached hydrogens (tertiary/aromatic N) is 3. The van der Waals surface area contributed by atoms with Crippen molar-refractivity contribution in [1.29, 1.82) is 0 Å². The molecule has 0 bridgehead atoms. The van der Waals surface area contributed by atoms with Gasteiger partial charge in [0.05, 0.1) is 22.9 Å². The number of aromatic hydroxyl groups is 1. The molecular formula is C17H13N3O2. The lowest BCUT2D eigenvalue weighted by Crippen LogP contribution is -2.19. The maximum absolute atomic E-state index is 12.8. The third kappa shape index (κ3) is 1.65. The molecular weight excluding hydrogens is 278 g/mol. The summed E-state index contributed by atoms with van der Waals surface area (Å²) in [4.78, 5) is 17.1. The molecule has 5 nitrogen and oxygen atoms in total. The van der Waals surface area contributed by atoms with E-state index >= 15 is 0 Å². The minimum absolute atomic E-state index is 0.103. The van der Waals surface area contributed by atoms with Crippen molar-refractivity contribution in [2.24, 2.45) is 0 Å². The van der Waals surface area contributed by atoms with Crippen molar-refractivity contribution in [2.75, 3.05) is 0 Å². The van der Waals surface area contributed by atoms with E-state index < -0.39 is 0 Å². The molecule has 108 valence electrons. The maximum atomic E-state index is 12.8. The van der Waals surface area contributed by atoms with Gasteiger partial charge in [-0.15, -0.1) is 0 Å². The minimum atomic E-state index is -0.309. The second kappa shape index (κ2) is 4.46. The van der Waals surface area contributed by atoms with Gasteiger partial charge in [-0.1, -0.05) is 24.3 Å². The van der Waals surface area contributed by atoms with Crippen LogP contribution in [0.4, 0.5) is 0 Å². The van der Waals surface area contributed by atoms with Gasteiger partial charge in [0.1, 0.15) is 5.52 Å². The number of aryl methyl sites for hydroxylation is 1. The molecule has 0 spiro atoms. The Bertz CT molecular complexity index is 1080. The van der Waals surface area contributed by atoms with E-state index in [-0.39, 0.29) is 11.6 Å². The monoisotopic (exact) mass is 291 g/mol. The fraction of sp³-hybridized carbons (Fsp3) is 0.0588. The Morgan fingerprint density at radius 2 is 1.86 bits per heavy atom. The summed E-state index contributed by atoms with van der Waals surface area (Å²) in [5, 5.41) is 10.5. The molecule has 2 aromatic carbocycles. The third-order valence-corrected chi connectivity index (χ3v) is 3.77. The minimum Gasteiger partial charge on any atom is -0.493 e. The number of rotatable bonds is 1. The first-order valence-corrected chi connectivity index (χ1v) is 6.94. The molecule has 0 saturated carbocycles. The summed E-state index contributed by atoms with van der Waals surface area (Å²) in [6, 6.07) is 14.8. The summed E-state index contributed by atoms with van der Waals surface area (Å²) in [6.07, 6.45) is 1.52. The first kappa shape index (κ1) is 12.6. The fourth-order valence-corrected chi connectivity index (χ4v) is 2.75. The molecule has 0 aliphatic carbocycles. The Morgan fingerprint density at radius 1 is 1.05 bits per heavy atom. The van der Waals surface area contributed by atoms with Crippen LogP contribution in [-0.2, 0) is 0 Å². The van der Waals surface area contributed by atoms with Crippen LogP contribution >= 0.6 is 0 Å². The Balaban J connectivity index is 2.18. The summed E-state index contributed by atoms with van der Waals surface area (Å²) in [5.74, 6) is -0.103. The number of fused-ring (bicyclic) bond motifs is 3. The topological polar surface area (TPSA) is 59.5 Å². The molecule has 2 heterocycles. The summed E-state index contributed by atoms with van der Waals surface area (Å²) < 4.78 is 2.79. The molecule has 22 heavy (non-hydrogen) atoms. The van der Waals surface area contributed by atoms with Crippen molar-refractivity contribution in [2.45, 2.75) is 6.92 Å². The summed E-state index contributed by atoms with van der Waals surface area (Å²) in [6.45, 7) is 1.94. The van der Waals surface area contributed by atoms with E-state index in [4.69, 9.17) is 0 Å². The predicted molar refractivity (Wildman–Crippen MR) is 84.7 cm³/mol. The molecule has 0 aliphatic rings. The molecule has 0 fully saturated rings. The molecule has 2 aromatic heterocycles. The van der Waals surface area contributed by atoms with Crippen molar-refractivity contribution in [3.8, 4) is 11.6 Å². The van der Waals surface area contributed by atoms with Crippen molar-refractivity contribution < 1.29 is 5.11 Å². The summed E-state index contributed by atoms with van der Waals surface area (Å²) in [7, 11) is 0. The van der Waals surface area contributed by atoms with Gasteiger partial charge in [0.2, 0.25) is 5.88 Å². The Morgan fingerprint density at radius 3 is 2.68 bits per heavy atom. The maximum Gasteiger partial charge on any atom is 0.340 e. The van der Waals surface area contributed by atoms with E-state index in [1.807, 2.05) is 49.4 Å². The quantitative estimate of drug-likeness (QED) is 0.586. The highest BCUT2D eigenvalue weighted by atomic mass is 16.3. The fourth-order valence-electron chi connectivity index (χ4n) is 2.75. The largest absolute Gasteiger partial charge is 0.493 e. The van der Waals surface area contributed by atoms with Gasteiger partial charge in [-0.05, 0) is 36.8 Å². The van der Waals surface area contributed by atoms with Gasteiger partial charge in [-0.2, -0.15) is 0 Å². The molecule has 0 saturated heterocycles. The van der Waals surface area contributed by atoms with E-state index in [0.29, 0.717) is 22.2 Å². The van der Waals surface area contributed by atoms with Gasteiger partial charge in [0, 0.05) is 0 Å². The van der Waals surface area contributed by atoms with Crippen LogP contribution in [0.15, 0.2) is 59.5 Å². The smallest absolute Gasteiger partial charge is 0.340 e. The number of hydrogen-bond donors (Lipinski definition) is 1. The normalized spacial score (nSPS) is 11.3. The summed E-state index contributed by atoms with van der Waals surface area (Å²) in [5.41, 5.74) is 3.12. The van der Waals surface area contributed by atoms with E-state index in [1.54, 1.807) is 6.07 Å². The van der Waals surface area contributed by atoms with Crippen LogP contribution in [0.25, 0.3) is 22.2 Å². The predicted octanol–water partition coefficient (Wildman–Crippen LogP) is 2.65. The van der Waals surface area contributed by atoms with Gasteiger partial charge in [0.15, 0.2) is 0 Å². The Kier molecular flexibility index (Phi) is 2.56. The molecule has 0 atom stereocenters. The number of benzene rings is 2. The molecule has 4 rings (SSSR count). The second-order valence-corrected chi connectivity index (χ2v) is 5.25. The van der Waals surface area contributed by atoms with Crippen molar-refractivity contribution in [3.63, 3.8) is 0 Å². The average molecular weight is 291 g/mol. The van der Waals surface area contributed by atoms with Crippen molar-refractivity contribution in [3.05, 3.63) is 70.8 Å². The van der Waals surface area contributed by atoms with E-state index in [1.165, 1.54) is 15.2 Å². The van der Waals surface area contributed by atoms with Crippen LogP contribution < -0.4 is 5.69 Å². The highest BCUT2D eigenvalue weighted by Crippen LogP contribution is 2.24. The summed E-state index contributed by atoms with van der Waals surface area (Å²) >= 11 is 0. The van der Waals surface area contributed by atoms with Gasteiger partial charge >= 0.3 is 5.69 Å². The standard InChI is InChI=1S/C17H13N3O2/c1-11-5-4-6-12(9-11)19-16(21)15-10-18-13-7-2-3-8-14(13)20(15)17(19)22/h2-10,21H,1H3.